The van der Waals surface area contributed by atoms with Crippen molar-refractivity contribution in [3.8, 4) is 0 Å². The Balaban J connectivity index is 2.18. The maximum Gasteiger partial charge on any atom is 0.0698 e. The number of pyridine rings is 1. The highest BCUT2D eigenvalue weighted by molar-refractivity contribution is 5.16. The summed E-state index contributed by atoms with van der Waals surface area (Å²) in [5, 5.41) is 0. The van der Waals surface area contributed by atoms with Crippen LogP contribution in [0.4, 0.5) is 0 Å². The Kier molecular flexibility index (Phi) is 5.31. The third-order valence-corrected chi connectivity index (χ3v) is 4.04. The van der Waals surface area contributed by atoms with Crippen molar-refractivity contribution in [2.75, 3.05) is 20.2 Å². The first-order chi connectivity index (χ1) is 9.26. The molecule has 19 heavy (non-hydrogen) atoms. The first-order valence-corrected chi connectivity index (χ1v) is 7.18. The van der Waals surface area contributed by atoms with Crippen molar-refractivity contribution in [1.82, 2.24) is 9.88 Å². The predicted molar refractivity (Wildman–Crippen MR) is 76.8 cm³/mol. The molecule has 0 spiro atoms. The molecule has 1 aromatic heterocycles. The van der Waals surface area contributed by atoms with Crippen LogP contribution in [-0.2, 0) is 4.74 Å². The SMILES string of the molecule is CCC(N)C(c1cccnc1)N1CCCC(OC)C1. The van der Waals surface area contributed by atoms with Gasteiger partial charge in [-0.05, 0) is 37.4 Å². The lowest BCUT2D eigenvalue weighted by atomic mass is 9.95. The maximum atomic E-state index is 6.36. The lowest BCUT2D eigenvalue weighted by molar-refractivity contribution is 0.00893. The summed E-state index contributed by atoms with van der Waals surface area (Å²) in [7, 11) is 1.80. The molecule has 1 fully saturated rings. The van der Waals surface area contributed by atoms with E-state index in [0.717, 1.165) is 25.9 Å². The maximum absolute atomic E-state index is 6.36. The van der Waals surface area contributed by atoms with E-state index in [-0.39, 0.29) is 12.1 Å². The molecule has 0 aliphatic carbocycles. The van der Waals surface area contributed by atoms with Gasteiger partial charge in [-0.3, -0.25) is 9.88 Å². The second-order valence-electron chi connectivity index (χ2n) is 5.30. The van der Waals surface area contributed by atoms with Gasteiger partial charge < -0.3 is 10.5 Å². The van der Waals surface area contributed by atoms with Crippen molar-refractivity contribution in [3.63, 3.8) is 0 Å². The Bertz CT molecular complexity index is 371. The number of nitrogens with zero attached hydrogens (tertiary/aromatic N) is 2. The van der Waals surface area contributed by atoms with Gasteiger partial charge in [0.1, 0.15) is 0 Å². The van der Waals surface area contributed by atoms with Crippen LogP contribution in [0.2, 0.25) is 0 Å². The normalized spacial score (nSPS) is 24.1. The van der Waals surface area contributed by atoms with Crippen LogP contribution < -0.4 is 5.73 Å². The fourth-order valence-electron chi connectivity index (χ4n) is 2.91. The minimum Gasteiger partial charge on any atom is -0.380 e. The molecule has 1 aliphatic rings. The van der Waals surface area contributed by atoms with Crippen LogP contribution in [0.5, 0.6) is 0 Å². The fourth-order valence-corrected chi connectivity index (χ4v) is 2.91. The van der Waals surface area contributed by atoms with E-state index in [4.69, 9.17) is 10.5 Å². The summed E-state index contributed by atoms with van der Waals surface area (Å²) in [6.07, 6.45) is 7.37. The quantitative estimate of drug-likeness (QED) is 0.882. The molecule has 4 heteroatoms. The third-order valence-electron chi connectivity index (χ3n) is 4.04. The summed E-state index contributed by atoms with van der Waals surface area (Å²) in [4.78, 5) is 6.70. The van der Waals surface area contributed by atoms with Crippen LogP contribution >= 0.6 is 0 Å². The molecule has 1 aliphatic heterocycles. The van der Waals surface area contributed by atoms with Gasteiger partial charge in [-0.1, -0.05) is 13.0 Å². The van der Waals surface area contributed by atoms with E-state index in [0.29, 0.717) is 6.10 Å². The van der Waals surface area contributed by atoms with Crippen LogP contribution in [-0.4, -0.2) is 42.2 Å². The molecule has 4 nitrogen and oxygen atoms in total. The van der Waals surface area contributed by atoms with Crippen molar-refractivity contribution < 1.29 is 4.74 Å². The minimum atomic E-state index is 0.139. The average molecular weight is 263 g/mol. The van der Waals surface area contributed by atoms with Gasteiger partial charge in [-0.2, -0.15) is 0 Å². The summed E-state index contributed by atoms with van der Waals surface area (Å²) in [6, 6.07) is 4.50. The molecule has 3 unspecified atom stereocenters. The number of likely N-dealkylation sites (tertiary alicyclic amines) is 1. The molecule has 0 saturated carbocycles. The molecular formula is C15H25N3O. The highest BCUT2D eigenvalue weighted by Crippen LogP contribution is 2.28. The van der Waals surface area contributed by atoms with E-state index in [2.05, 4.69) is 22.9 Å². The Morgan fingerprint density at radius 1 is 1.58 bits per heavy atom. The van der Waals surface area contributed by atoms with Crippen molar-refractivity contribution in [2.45, 2.75) is 44.4 Å². The van der Waals surface area contributed by atoms with E-state index < -0.39 is 0 Å². The molecule has 0 radical (unpaired) electrons. The largest absolute Gasteiger partial charge is 0.380 e. The minimum absolute atomic E-state index is 0.139. The van der Waals surface area contributed by atoms with Gasteiger partial charge in [-0.15, -0.1) is 0 Å². The molecule has 1 saturated heterocycles. The summed E-state index contributed by atoms with van der Waals surface area (Å²) in [5.74, 6) is 0. The van der Waals surface area contributed by atoms with E-state index in [1.54, 1.807) is 7.11 Å². The number of piperidine rings is 1. The second-order valence-corrected chi connectivity index (χ2v) is 5.30. The van der Waals surface area contributed by atoms with Crippen molar-refractivity contribution in [2.24, 2.45) is 5.73 Å². The third kappa shape index (κ3) is 3.53. The highest BCUT2D eigenvalue weighted by atomic mass is 16.5. The standard InChI is InChI=1S/C15H25N3O/c1-3-14(16)15(12-6-4-8-17-10-12)18-9-5-7-13(11-18)19-2/h4,6,8,10,13-15H,3,5,7,9,11,16H2,1-2H3. The molecule has 0 amide bonds. The zero-order valence-electron chi connectivity index (χ0n) is 12.0. The van der Waals surface area contributed by atoms with Crippen LogP contribution in [0.3, 0.4) is 0 Å². The van der Waals surface area contributed by atoms with Crippen molar-refractivity contribution in [3.05, 3.63) is 30.1 Å². The van der Waals surface area contributed by atoms with E-state index >= 15 is 0 Å². The van der Waals surface area contributed by atoms with Crippen LogP contribution in [0.15, 0.2) is 24.5 Å². The number of hydrogen-bond acceptors (Lipinski definition) is 4. The summed E-state index contributed by atoms with van der Waals surface area (Å²) in [5.41, 5.74) is 7.57. The van der Waals surface area contributed by atoms with Gasteiger partial charge in [-0.25, -0.2) is 0 Å². The monoisotopic (exact) mass is 263 g/mol. The highest BCUT2D eigenvalue weighted by Gasteiger charge is 2.30. The number of hydrogen-bond donors (Lipinski definition) is 1. The Labute approximate surface area is 116 Å². The first-order valence-electron chi connectivity index (χ1n) is 7.18. The van der Waals surface area contributed by atoms with E-state index in [9.17, 15) is 0 Å². The summed E-state index contributed by atoms with van der Waals surface area (Å²) >= 11 is 0. The van der Waals surface area contributed by atoms with Crippen molar-refractivity contribution in [1.29, 1.82) is 0 Å². The molecule has 2 heterocycles. The predicted octanol–water partition coefficient (Wildman–Crippen LogP) is 1.97. The zero-order valence-corrected chi connectivity index (χ0v) is 12.0. The Morgan fingerprint density at radius 2 is 2.42 bits per heavy atom. The number of ether oxygens (including phenoxy) is 1. The Hall–Kier alpha value is -0.970. The summed E-state index contributed by atoms with van der Waals surface area (Å²) in [6.45, 7) is 4.20. The van der Waals surface area contributed by atoms with Crippen molar-refractivity contribution >= 4 is 0 Å². The summed E-state index contributed by atoms with van der Waals surface area (Å²) < 4.78 is 5.52. The lowest BCUT2D eigenvalue weighted by Gasteiger charge is -2.40. The fraction of sp³-hybridized carbons (Fsp3) is 0.667. The molecule has 1 aromatic rings. The molecule has 0 aromatic carbocycles. The smallest absolute Gasteiger partial charge is 0.0698 e. The van der Waals surface area contributed by atoms with Gasteiger partial charge in [0, 0.05) is 32.1 Å². The number of methoxy groups -OCH3 is 1. The molecule has 2 rings (SSSR count). The van der Waals surface area contributed by atoms with Gasteiger partial charge in [0.05, 0.1) is 12.1 Å². The number of aromatic nitrogens is 1. The van der Waals surface area contributed by atoms with Crippen LogP contribution in [0, 0.1) is 0 Å². The average Bonchev–Trinajstić information content (AvgIpc) is 2.48. The molecular weight excluding hydrogens is 238 g/mol. The molecule has 2 N–H and O–H groups in total. The first kappa shape index (κ1) is 14.4. The van der Waals surface area contributed by atoms with Gasteiger partial charge in [0.15, 0.2) is 0 Å². The number of nitrogens with two attached hydrogens (primary N) is 1. The molecule has 0 bridgehead atoms. The zero-order chi connectivity index (χ0) is 13.7. The second kappa shape index (κ2) is 6.98. The van der Waals surface area contributed by atoms with Gasteiger partial charge in [0.2, 0.25) is 0 Å². The van der Waals surface area contributed by atoms with Crippen LogP contribution in [0.1, 0.15) is 37.8 Å². The topological polar surface area (TPSA) is 51.4 Å². The molecule has 3 atom stereocenters. The van der Waals surface area contributed by atoms with E-state index in [1.807, 2.05) is 18.5 Å². The Morgan fingerprint density at radius 3 is 3.05 bits per heavy atom. The van der Waals surface area contributed by atoms with Crippen LogP contribution in [0.25, 0.3) is 0 Å². The molecule has 106 valence electrons. The number of rotatable bonds is 5. The van der Waals surface area contributed by atoms with Gasteiger partial charge in [0.25, 0.3) is 0 Å². The van der Waals surface area contributed by atoms with Gasteiger partial charge >= 0.3 is 0 Å². The van der Waals surface area contributed by atoms with E-state index in [1.165, 1.54) is 12.0 Å². The lowest BCUT2D eigenvalue weighted by Crippen LogP contribution is -2.47.